The number of nitrogens with one attached hydrogen (secondary N) is 2. The Balaban J connectivity index is 0.000000408. The minimum atomic E-state index is 0.250. The molecule has 1 fully saturated rings. The number of amides is 1. The summed E-state index contributed by atoms with van der Waals surface area (Å²) in [5.41, 5.74) is 7.59. The number of hydrogen-bond donors (Lipinski definition) is 3. The molecule has 1 aliphatic heterocycles. The van der Waals surface area contributed by atoms with E-state index in [0.29, 0.717) is 6.04 Å². The van der Waals surface area contributed by atoms with Crippen LogP contribution in [0.2, 0.25) is 0 Å². The lowest BCUT2D eigenvalue weighted by Crippen LogP contribution is -2.56. The van der Waals surface area contributed by atoms with Gasteiger partial charge in [-0.3, -0.25) is 9.78 Å². The second-order valence-electron chi connectivity index (χ2n) is 4.55. The van der Waals surface area contributed by atoms with Crippen molar-refractivity contribution in [3.8, 4) is 0 Å². The topological polar surface area (TPSA) is 87.0 Å². The first-order valence-corrected chi connectivity index (χ1v) is 6.20. The molecular weight excluding hydrogens is 242 g/mol. The number of fused-ring (bicyclic) bond motifs is 1. The number of carbonyl (C=O) groups is 1. The molecule has 0 bridgehead atoms. The fraction of sp³-hybridized carbons (Fsp3) is 0.385. The largest absolute Gasteiger partial charge is 0.372 e. The van der Waals surface area contributed by atoms with Gasteiger partial charge in [0.1, 0.15) is 0 Å². The molecule has 0 radical (unpaired) electrons. The highest BCUT2D eigenvalue weighted by atomic mass is 16.1. The number of aromatic nitrogens is 2. The summed E-state index contributed by atoms with van der Waals surface area (Å²) in [6, 6.07) is 2.73. The van der Waals surface area contributed by atoms with Crippen LogP contribution in [0.1, 0.15) is 5.69 Å². The minimum Gasteiger partial charge on any atom is -0.372 e. The van der Waals surface area contributed by atoms with Crippen molar-refractivity contribution in [3.63, 3.8) is 0 Å². The third kappa shape index (κ3) is 2.53. The molecule has 0 atom stereocenters. The predicted molar refractivity (Wildman–Crippen MR) is 76.1 cm³/mol. The molecule has 6 heteroatoms. The van der Waals surface area contributed by atoms with Crippen LogP contribution in [0, 0.1) is 6.92 Å². The van der Waals surface area contributed by atoms with Crippen LogP contribution in [0.25, 0.3) is 10.9 Å². The van der Waals surface area contributed by atoms with E-state index < -0.39 is 0 Å². The van der Waals surface area contributed by atoms with E-state index in [1.54, 1.807) is 0 Å². The zero-order valence-electron chi connectivity index (χ0n) is 11.2. The lowest BCUT2D eigenvalue weighted by atomic mass is 10.1. The highest BCUT2D eigenvalue weighted by Crippen LogP contribution is 2.27. The molecule has 0 aliphatic carbocycles. The molecule has 6 nitrogen and oxygen atoms in total. The highest BCUT2D eigenvalue weighted by molar-refractivity contribution is 5.93. The summed E-state index contributed by atoms with van der Waals surface area (Å²) in [5, 5.41) is 4.56. The Morgan fingerprint density at radius 2 is 2.21 bits per heavy atom. The molecule has 1 amide bonds. The predicted octanol–water partition coefficient (Wildman–Crippen LogP) is 0.381. The molecule has 4 N–H and O–H groups in total. The normalized spacial score (nSPS) is 14.4. The Hall–Kier alpha value is -2.08. The summed E-state index contributed by atoms with van der Waals surface area (Å²) in [7, 11) is 2.14. The van der Waals surface area contributed by atoms with Crippen molar-refractivity contribution in [2.75, 3.05) is 25.0 Å². The molecule has 2 aromatic heterocycles. The summed E-state index contributed by atoms with van der Waals surface area (Å²) < 4.78 is 0. The van der Waals surface area contributed by atoms with Crippen LogP contribution in [0.5, 0.6) is 0 Å². The van der Waals surface area contributed by atoms with E-state index in [4.69, 9.17) is 4.79 Å². The molecule has 0 spiro atoms. The third-order valence-corrected chi connectivity index (χ3v) is 3.45. The third-order valence-electron chi connectivity index (χ3n) is 3.45. The van der Waals surface area contributed by atoms with Crippen LogP contribution in [-0.2, 0) is 4.79 Å². The van der Waals surface area contributed by atoms with Crippen LogP contribution >= 0.6 is 0 Å². The standard InChI is InChI=1S/C12H16N4.CH3NO/c1-8-12-10(3-4-14-12)11(7-15-8)16(2)9-5-13-6-9;2-1-3/h3-4,7,9,13-14H,5-6H2,1-2H3;1H,(H2,2,3). The highest BCUT2D eigenvalue weighted by Gasteiger charge is 2.23. The number of nitrogens with zero attached hydrogens (tertiary/aromatic N) is 2. The van der Waals surface area contributed by atoms with Crippen LogP contribution in [0.4, 0.5) is 5.69 Å². The molecule has 102 valence electrons. The Morgan fingerprint density at radius 3 is 2.79 bits per heavy atom. The molecule has 1 aliphatic rings. The molecule has 0 aromatic carbocycles. The lowest BCUT2D eigenvalue weighted by Gasteiger charge is -2.37. The summed E-state index contributed by atoms with van der Waals surface area (Å²) in [5.74, 6) is 0. The number of aromatic amines is 1. The molecule has 2 aromatic rings. The first kappa shape index (κ1) is 13.4. The zero-order valence-corrected chi connectivity index (χ0v) is 11.2. The summed E-state index contributed by atoms with van der Waals surface area (Å²) in [6.45, 7) is 4.17. The van der Waals surface area contributed by atoms with Gasteiger partial charge >= 0.3 is 0 Å². The number of hydrogen-bond acceptors (Lipinski definition) is 4. The number of pyridine rings is 1. The molecule has 0 saturated carbocycles. The average molecular weight is 261 g/mol. The van der Waals surface area contributed by atoms with Gasteiger partial charge in [0.25, 0.3) is 0 Å². The van der Waals surface area contributed by atoms with Crippen LogP contribution in [-0.4, -0.2) is 42.6 Å². The Morgan fingerprint density at radius 1 is 1.53 bits per heavy atom. The van der Waals surface area contributed by atoms with E-state index in [0.717, 1.165) is 24.3 Å². The second kappa shape index (κ2) is 5.71. The maximum absolute atomic E-state index is 8.58. The minimum absolute atomic E-state index is 0.250. The number of nitrogens with two attached hydrogens (primary N) is 1. The van der Waals surface area contributed by atoms with Crippen LogP contribution in [0.15, 0.2) is 18.5 Å². The average Bonchev–Trinajstić information content (AvgIpc) is 2.77. The van der Waals surface area contributed by atoms with Gasteiger partial charge in [0.15, 0.2) is 0 Å². The van der Waals surface area contributed by atoms with Gasteiger partial charge in [0.05, 0.1) is 29.1 Å². The summed E-state index contributed by atoms with van der Waals surface area (Å²) >= 11 is 0. The van der Waals surface area contributed by atoms with Crippen molar-refractivity contribution in [3.05, 3.63) is 24.2 Å². The van der Waals surface area contributed by atoms with Gasteiger partial charge in [-0.05, 0) is 13.0 Å². The molecular formula is C13H19N5O. The van der Waals surface area contributed by atoms with Crippen molar-refractivity contribution < 1.29 is 4.79 Å². The number of primary amides is 1. The zero-order chi connectivity index (χ0) is 13.8. The SMILES string of the molecule is Cc1ncc(N(C)C2CNC2)c2cc[nH]c12.NC=O. The Labute approximate surface area is 112 Å². The second-order valence-corrected chi connectivity index (χ2v) is 4.55. The van der Waals surface area contributed by atoms with Crippen LogP contribution in [0.3, 0.4) is 0 Å². The molecule has 3 heterocycles. The number of H-pyrrole nitrogens is 1. The van der Waals surface area contributed by atoms with E-state index >= 15 is 0 Å². The van der Waals surface area contributed by atoms with E-state index in [1.165, 1.54) is 11.1 Å². The summed E-state index contributed by atoms with van der Waals surface area (Å²) in [6.07, 6.45) is 4.21. The van der Waals surface area contributed by atoms with Gasteiger partial charge in [0.2, 0.25) is 6.41 Å². The van der Waals surface area contributed by atoms with Gasteiger partial charge in [-0.1, -0.05) is 0 Å². The maximum Gasteiger partial charge on any atom is 0.204 e. The number of likely N-dealkylation sites (N-methyl/N-ethyl adjacent to an activating group) is 1. The van der Waals surface area contributed by atoms with Crippen molar-refractivity contribution in [1.29, 1.82) is 0 Å². The van der Waals surface area contributed by atoms with Gasteiger partial charge in [0, 0.05) is 31.7 Å². The van der Waals surface area contributed by atoms with Gasteiger partial charge in [-0.2, -0.15) is 0 Å². The molecule has 3 rings (SSSR count). The van der Waals surface area contributed by atoms with Crippen molar-refractivity contribution in [1.82, 2.24) is 15.3 Å². The smallest absolute Gasteiger partial charge is 0.204 e. The van der Waals surface area contributed by atoms with Crippen molar-refractivity contribution in [2.24, 2.45) is 5.73 Å². The van der Waals surface area contributed by atoms with Crippen LogP contribution < -0.4 is 16.0 Å². The number of anilines is 1. The van der Waals surface area contributed by atoms with E-state index in [9.17, 15) is 0 Å². The van der Waals surface area contributed by atoms with E-state index in [2.05, 4.69) is 39.0 Å². The van der Waals surface area contributed by atoms with Crippen molar-refractivity contribution >= 4 is 23.0 Å². The first-order valence-electron chi connectivity index (χ1n) is 6.20. The molecule has 1 saturated heterocycles. The van der Waals surface area contributed by atoms with E-state index in [1.807, 2.05) is 19.3 Å². The number of aryl methyl sites for hydroxylation is 1. The first-order chi connectivity index (χ1) is 9.19. The molecule has 0 unspecified atom stereocenters. The fourth-order valence-electron chi connectivity index (χ4n) is 2.20. The van der Waals surface area contributed by atoms with Gasteiger partial charge in [-0.15, -0.1) is 0 Å². The fourth-order valence-corrected chi connectivity index (χ4v) is 2.20. The van der Waals surface area contributed by atoms with Gasteiger partial charge < -0.3 is 20.9 Å². The van der Waals surface area contributed by atoms with E-state index in [-0.39, 0.29) is 6.41 Å². The van der Waals surface area contributed by atoms with Gasteiger partial charge in [-0.25, -0.2) is 0 Å². The number of rotatable bonds is 2. The number of carbonyl (C=O) groups excluding carboxylic acids is 1. The Kier molecular flexibility index (Phi) is 4.01. The maximum atomic E-state index is 8.58. The quantitative estimate of drug-likeness (QED) is 0.682. The monoisotopic (exact) mass is 261 g/mol. The Bertz CT molecular complexity index is 561. The summed E-state index contributed by atoms with van der Waals surface area (Å²) in [4.78, 5) is 18.6. The lowest BCUT2D eigenvalue weighted by molar-refractivity contribution is -0.106. The van der Waals surface area contributed by atoms with Crippen molar-refractivity contribution in [2.45, 2.75) is 13.0 Å². The molecule has 19 heavy (non-hydrogen) atoms.